The number of hydrogen-bond acceptors (Lipinski definition) is 4. The number of aryl methyl sites for hydroxylation is 1. The minimum absolute atomic E-state index is 0.625. The van der Waals surface area contributed by atoms with Gasteiger partial charge in [0.15, 0.2) is 11.4 Å². The van der Waals surface area contributed by atoms with Gasteiger partial charge in [-0.05, 0) is 39.7 Å². The van der Waals surface area contributed by atoms with Crippen LogP contribution in [-0.4, -0.2) is 48.1 Å². The van der Waals surface area contributed by atoms with Gasteiger partial charge in [-0.15, -0.1) is 0 Å². The summed E-state index contributed by atoms with van der Waals surface area (Å²) in [4.78, 5) is 6.69. The van der Waals surface area contributed by atoms with Gasteiger partial charge in [0.25, 0.3) is 0 Å². The van der Waals surface area contributed by atoms with Gasteiger partial charge in [0.1, 0.15) is 6.61 Å². The second kappa shape index (κ2) is 6.04. The quantitative estimate of drug-likeness (QED) is 0.846. The average molecular weight is 262 g/mol. The van der Waals surface area contributed by atoms with Crippen LogP contribution in [0.4, 0.5) is 0 Å². The number of hydrogen-bond donors (Lipinski definition) is 1. The van der Waals surface area contributed by atoms with Crippen LogP contribution in [0.3, 0.4) is 0 Å². The maximum Gasteiger partial charge on any atom is 0.180 e. The van der Waals surface area contributed by atoms with Gasteiger partial charge in [-0.1, -0.05) is 0 Å². The molecule has 0 radical (unpaired) electrons. The fraction of sp³-hybridized carbons (Fsp3) is 0.500. The van der Waals surface area contributed by atoms with E-state index in [0.29, 0.717) is 13.2 Å². The molecule has 0 aliphatic heterocycles. The van der Waals surface area contributed by atoms with Crippen LogP contribution in [-0.2, 0) is 6.42 Å². The summed E-state index contributed by atoms with van der Waals surface area (Å²) in [6, 6.07) is 3.95. The van der Waals surface area contributed by atoms with Gasteiger partial charge < -0.3 is 19.8 Å². The first-order valence-corrected chi connectivity index (χ1v) is 6.57. The highest BCUT2D eigenvalue weighted by atomic mass is 16.5. The lowest BCUT2D eigenvalue weighted by Crippen LogP contribution is -2.19. The van der Waals surface area contributed by atoms with Crippen molar-refractivity contribution in [1.82, 2.24) is 14.3 Å². The number of nitrogens with zero attached hydrogens (tertiary/aromatic N) is 3. The van der Waals surface area contributed by atoms with Crippen molar-refractivity contribution in [3.8, 4) is 5.75 Å². The minimum atomic E-state index is 0.625. The third kappa shape index (κ3) is 3.05. The smallest absolute Gasteiger partial charge is 0.180 e. The molecule has 0 aliphatic carbocycles. The van der Waals surface area contributed by atoms with E-state index in [2.05, 4.69) is 14.3 Å². The Balaban J connectivity index is 2.27. The molecular weight excluding hydrogens is 240 g/mol. The second-order valence-corrected chi connectivity index (χ2v) is 4.90. The molecule has 2 N–H and O–H groups in total. The van der Waals surface area contributed by atoms with Crippen molar-refractivity contribution in [1.29, 1.82) is 0 Å². The molecular formula is C14H22N4O. The summed E-state index contributed by atoms with van der Waals surface area (Å²) in [6.45, 7) is 4.18. The molecule has 2 aromatic heterocycles. The molecule has 2 aromatic rings. The van der Waals surface area contributed by atoms with Crippen LogP contribution < -0.4 is 10.5 Å². The van der Waals surface area contributed by atoms with Crippen molar-refractivity contribution < 1.29 is 4.74 Å². The van der Waals surface area contributed by atoms with E-state index in [9.17, 15) is 0 Å². The van der Waals surface area contributed by atoms with Gasteiger partial charge in [-0.3, -0.25) is 0 Å². The summed E-state index contributed by atoms with van der Waals surface area (Å²) in [7, 11) is 4.06. The van der Waals surface area contributed by atoms with E-state index in [1.807, 2.05) is 39.3 Å². The first-order valence-electron chi connectivity index (χ1n) is 6.57. The normalized spacial score (nSPS) is 11.4. The predicted molar refractivity (Wildman–Crippen MR) is 76.7 cm³/mol. The molecule has 19 heavy (non-hydrogen) atoms. The third-order valence-electron chi connectivity index (χ3n) is 3.09. The molecule has 0 spiro atoms. The predicted octanol–water partition coefficient (Wildman–Crippen LogP) is 1.08. The van der Waals surface area contributed by atoms with E-state index in [1.165, 1.54) is 0 Å². The molecule has 2 heterocycles. The Labute approximate surface area is 114 Å². The lowest BCUT2D eigenvalue weighted by Gasteiger charge is -2.11. The van der Waals surface area contributed by atoms with E-state index < -0.39 is 0 Å². The monoisotopic (exact) mass is 262 g/mol. The summed E-state index contributed by atoms with van der Waals surface area (Å²) >= 11 is 0. The highest BCUT2D eigenvalue weighted by Crippen LogP contribution is 2.22. The van der Waals surface area contributed by atoms with Crippen molar-refractivity contribution >= 4 is 5.65 Å². The van der Waals surface area contributed by atoms with Gasteiger partial charge in [0.2, 0.25) is 0 Å². The fourth-order valence-corrected chi connectivity index (χ4v) is 2.09. The van der Waals surface area contributed by atoms with Crippen LogP contribution in [0.5, 0.6) is 5.75 Å². The lowest BCUT2D eigenvalue weighted by atomic mass is 10.2. The van der Waals surface area contributed by atoms with Crippen LogP contribution in [0.1, 0.15) is 11.4 Å². The van der Waals surface area contributed by atoms with Crippen LogP contribution >= 0.6 is 0 Å². The topological polar surface area (TPSA) is 55.8 Å². The molecule has 0 saturated carbocycles. The van der Waals surface area contributed by atoms with Crippen LogP contribution in [0.15, 0.2) is 18.3 Å². The average Bonchev–Trinajstić information content (AvgIpc) is 2.68. The van der Waals surface area contributed by atoms with Gasteiger partial charge in [0, 0.05) is 24.9 Å². The Morgan fingerprint density at radius 1 is 1.42 bits per heavy atom. The fourth-order valence-electron chi connectivity index (χ4n) is 2.09. The molecule has 0 unspecified atom stereocenters. The maximum atomic E-state index is 5.82. The van der Waals surface area contributed by atoms with Crippen LogP contribution in [0.2, 0.25) is 0 Å². The highest BCUT2D eigenvalue weighted by Gasteiger charge is 2.11. The van der Waals surface area contributed by atoms with E-state index >= 15 is 0 Å². The van der Waals surface area contributed by atoms with Gasteiger partial charge in [0.05, 0.1) is 5.69 Å². The molecule has 0 bridgehead atoms. The molecule has 5 nitrogen and oxygen atoms in total. The molecule has 0 aromatic carbocycles. The Kier molecular flexibility index (Phi) is 4.39. The number of likely N-dealkylation sites (N-methyl/N-ethyl adjacent to an activating group) is 1. The summed E-state index contributed by atoms with van der Waals surface area (Å²) in [5.74, 6) is 0.829. The largest absolute Gasteiger partial charge is 0.488 e. The Hall–Kier alpha value is -1.59. The summed E-state index contributed by atoms with van der Waals surface area (Å²) in [6.07, 6.45) is 2.84. The summed E-state index contributed by atoms with van der Waals surface area (Å²) < 4.78 is 7.90. The van der Waals surface area contributed by atoms with E-state index in [-0.39, 0.29) is 0 Å². The van der Waals surface area contributed by atoms with Crippen molar-refractivity contribution in [3.05, 3.63) is 29.7 Å². The van der Waals surface area contributed by atoms with E-state index in [4.69, 9.17) is 10.5 Å². The number of rotatable bonds is 6. The van der Waals surface area contributed by atoms with E-state index in [0.717, 1.165) is 35.8 Å². The molecule has 0 aliphatic rings. The highest BCUT2D eigenvalue weighted by molar-refractivity contribution is 5.56. The zero-order chi connectivity index (χ0) is 13.8. The van der Waals surface area contributed by atoms with Gasteiger partial charge in [-0.2, -0.15) is 0 Å². The number of ether oxygens (including phenoxy) is 1. The standard InChI is InChI=1S/C14H22N4O/c1-11-12(6-7-15)18-8-4-5-13(14(18)16-11)19-10-9-17(2)3/h4-5,8H,6-7,9-10,15H2,1-3H3. The Morgan fingerprint density at radius 3 is 2.89 bits per heavy atom. The van der Waals surface area contributed by atoms with E-state index in [1.54, 1.807) is 0 Å². The molecule has 0 atom stereocenters. The molecule has 104 valence electrons. The van der Waals surface area contributed by atoms with Crippen LogP contribution in [0, 0.1) is 6.92 Å². The second-order valence-electron chi connectivity index (χ2n) is 4.90. The molecule has 0 saturated heterocycles. The summed E-state index contributed by atoms with van der Waals surface area (Å²) in [5.41, 5.74) is 8.72. The summed E-state index contributed by atoms with van der Waals surface area (Å²) in [5, 5.41) is 0. The number of nitrogens with two attached hydrogens (primary N) is 1. The molecule has 0 amide bonds. The van der Waals surface area contributed by atoms with Crippen LogP contribution in [0.25, 0.3) is 5.65 Å². The number of imidazole rings is 1. The molecule has 2 rings (SSSR count). The number of aromatic nitrogens is 2. The maximum absolute atomic E-state index is 5.82. The zero-order valence-electron chi connectivity index (χ0n) is 11.9. The zero-order valence-corrected chi connectivity index (χ0v) is 11.9. The molecule has 0 fully saturated rings. The van der Waals surface area contributed by atoms with Crippen molar-refractivity contribution in [2.24, 2.45) is 5.73 Å². The molecule has 5 heteroatoms. The van der Waals surface area contributed by atoms with Crippen molar-refractivity contribution in [2.45, 2.75) is 13.3 Å². The van der Waals surface area contributed by atoms with Crippen molar-refractivity contribution in [2.75, 3.05) is 33.8 Å². The first kappa shape index (κ1) is 13.8. The van der Waals surface area contributed by atoms with Gasteiger partial charge >= 0.3 is 0 Å². The minimum Gasteiger partial charge on any atom is -0.488 e. The Morgan fingerprint density at radius 2 is 2.21 bits per heavy atom. The van der Waals surface area contributed by atoms with Crippen molar-refractivity contribution in [3.63, 3.8) is 0 Å². The lowest BCUT2D eigenvalue weighted by molar-refractivity contribution is 0.262. The SMILES string of the molecule is Cc1nc2c(OCCN(C)C)cccn2c1CCN. The third-order valence-corrected chi connectivity index (χ3v) is 3.09. The Bertz CT molecular complexity index is 548. The number of fused-ring (bicyclic) bond motifs is 1. The number of pyridine rings is 1. The first-order chi connectivity index (χ1) is 9.13. The van der Waals surface area contributed by atoms with Gasteiger partial charge in [-0.25, -0.2) is 4.98 Å².